The molecule has 1 N–H and O–H groups in total. The molecule has 0 unspecified atom stereocenters. The lowest BCUT2D eigenvalue weighted by atomic mass is 10.2. The number of aromatic nitrogens is 1. The van der Waals surface area contributed by atoms with Crippen molar-refractivity contribution in [2.75, 3.05) is 5.32 Å². The lowest BCUT2D eigenvalue weighted by Gasteiger charge is -2.09. The summed E-state index contributed by atoms with van der Waals surface area (Å²) in [6, 6.07) is 6.97. The van der Waals surface area contributed by atoms with Crippen LogP contribution in [0.25, 0.3) is 0 Å². The summed E-state index contributed by atoms with van der Waals surface area (Å²) in [5.41, 5.74) is 2.52. The van der Waals surface area contributed by atoms with Gasteiger partial charge in [0.2, 0.25) is 6.54 Å². The van der Waals surface area contributed by atoms with Crippen molar-refractivity contribution < 1.29 is 9.36 Å². The Morgan fingerprint density at radius 3 is 2.43 bits per heavy atom. The number of hydrogen-bond acceptors (Lipinski definition) is 1. The molecule has 110 valence electrons. The molecular weight excluding hydrogens is 331 g/mol. The lowest BCUT2D eigenvalue weighted by molar-refractivity contribution is -0.690. The summed E-state index contributed by atoms with van der Waals surface area (Å²) in [5, 5.41) is 3.77. The normalized spacial score (nSPS) is 10.5. The van der Waals surface area contributed by atoms with Gasteiger partial charge in [-0.15, -0.1) is 0 Å². The molecule has 2 aromatic rings. The Bertz CT molecular complexity index is 678. The van der Waals surface area contributed by atoms with E-state index in [0.717, 1.165) is 11.3 Å². The van der Waals surface area contributed by atoms with Crippen molar-refractivity contribution in [1.29, 1.82) is 0 Å². The van der Waals surface area contributed by atoms with E-state index in [-0.39, 0.29) is 12.5 Å². The van der Waals surface area contributed by atoms with E-state index >= 15 is 0 Å². The highest BCUT2D eigenvalue weighted by Gasteiger charge is 2.16. The zero-order chi connectivity index (χ0) is 15.6. The Balaban J connectivity index is 2.18. The molecule has 0 aliphatic carbocycles. The number of carbonyl (C=O) groups excluding carboxylic acids is 1. The maximum Gasteiger partial charge on any atom is 0.290 e. The maximum absolute atomic E-state index is 12.2. The first-order valence-electron chi connectivity index (χ1n) is 6.28. The second-order valence-electron chi connectivity index (χ2n) is 4.70. The average molecular weight is 345 g/mol. The predicted molar refractivity (Wildman–Crippen MR) is 86.2 cm³/mol. The van der Waals surface area contributed by atoms with Gasteiger partial charge in [-0.3, -0.25) is 4.79 Å². The zero-order valence-corrected chi connectivity index (χ0v) is 13.9. The van der Waals surface area contributed by atoms with Gasteiger partial charge in [0.1, 0.15) is 0 Å². The standard InChI is InChI=1S/C15H13Cl3N2O/c1-9-4-3-5-20(10(9)2)8-14(21)19-15-12(17)6-11(16)7-13(15)18/h3-7H,8H2,1-2H3/p+1. The summed E-state index contributed by atoms with van der Waals surface area (Å²) in [7, 11) is 0. The van der Waals surface area contributed by atoms with E-state index in [1.165, 1.54) is 12.1 Å². The molecule has 21 heavy (non-hydrogen) atoms. The van der Waals surface area contributed by atoms with Crippen LogP contribution in [0.3, 0.4) is 0 Å². The van der Waals surface area contributed by atoms with Crippen molar-refractivity contribution in [1.82, 2.24) is 0 Å². The summed E-state index contributed by atoms with van der Waals surface area (Å²) >= 11 is 17.9. The number of aryl methyl sites for hydroxylation is 1. The van der Waals surface area contributed by atoms with Gasteiger partial charge in [-0.25, -0.2) is 0 Å². The minimum atomic E-state index is -0.208. The van der Waals surface area contributed by atoms with Gasteiger partial charge < -0.3 is 5.32 Å². The fraction of sp³-hybridized carbons (Fsp3) is 0.200. The number of carbonyl (C=O) groups is 1. The van der Waals surface area contributed by atoms with E-state index in [1.54, 1.807) is 0 Å². The first kappa shape index (κ1) is 16.1. The molecule has 1 aromatic carbocycles. The van der Waals surface area contributed by atoms with E-state index in [2.05, 4.69) is 5.32 Å². The largest absolute Gasteiger partial charge is 0.318 e. The highest BCUT2D eigenvalue weighted by atomic mass is 35.5. The van der Waals surface area contributed by atoms with Gasteiger partial charge in [-0.05, 0) is 25.1 Å². The number of anilines is 1. The molecule has 0 atom stereocenters. The molecule has 0 radical (unpaired) electrons. The molecule has 0 saturated heterocycles. The Morgan fingerprint density at radius 2 is 1.81 bits per heavy atom. The van der Waals surface area contributed by atoms with E-state index in [4.69, 9.17) is 34.8 Å². The van der Waals surface area contributed by atoms with Crippen LogP contribution in [0, 0.1) is 13.8 Å². The molecule has 2 rings (SSSR count). The number of amides is 1. The lowest BCUT2D eigenvalue weighted by Crippen LogP contribution is -2.43. The number of benzene rings is 1. The molecule has 1 amide bonds. The van der Waals surface area contributed by atoms with Crippen LogP contribution in [-0.4, -0.2) is 5.91 Å². The van der Waals surface area contributed by atoms with Crippen molar-refractivity contribution in [3.8, 4) is 0 Å². The monoisotopic (exact) mass is 343 g/mol. The van der Waals surface area contributed by atoms with Crippen molar-refractivity contribution in [3.63, 3.8) is 0 Å². The SMILES string of the molecule is Cc1ccc[n+](CC(=O)Nc2c(Cl)cc(Cl)cc2Cl)c1C. The fourth-order valence-corrected chi connectivity index (χ4v) is 2.83. The van der Waals surface area contributed by atoms with Crippen molar-refractivity contribution in [2.24, 2.45) is 0 Å². The Labute approximate surface area is 138 Å². The van der Waals surface area contributed by atoms with Crippen LogP contribution in [0.4, 0.5) is 5.69 Å². The molecule has 0 saturated carbocycles. The Morgan fingerprint density at radius 1 is 1.19 bits per heavy atom. The second kappa shape index (κ2) is 6.65. The topological polar surface area (TPSA) is 33.0 Å². The van der Waals surface area contributed by atoms with E-state index in [1.807, 2.05) is 36.7 Å². The molecule has 0 aliphatic rings. The van der Waals surface area contributed by atoms with Gasteiger partial charge in [0.05, 0.1) is 15.7 Å². The Hall–Kier alpha value is -1.29. The zero-order valence-electron chi connectivity index (χ0n) is 11.6. The predicted octanol–water partition coefficient (Wildman–Crippen LogP) is 4.19. The summed E-state index contributed by atoms with van der Waals surface area (Å²) in [4.78, 5) is 12.2. The van der Waals surface area contributed by atoms with Crippen LogP contribution < -0.4 is 9.88 Å². The first-order valence-corrected chi connectivity index (χ1v) is 7.42. The minimum Gasteiger partial charge on any atom is -0.318 e. The van der Waals surface area contributed by atoms with Crippen LogP contribution in [0.15, 0.2) is 30.5 Å². The van der Waals surface area contributed by atoms with Gasteiger partial charge in [0, 0.05) is 23.6 Å². The number of pyridine rings is 1. The number of nitrogens with one attached hydrogen (secondary N) is 1. The molecule has 3 nitrogen and oxygen atoms in total. The summed E-state index contributed by atoms with van der Waals surface area (Å²) in [6.45, 7) is 4.14. The summed E-state index contributed by atoms with van der Waals surface area (Å²) in [6.07, 6.45) is 1.85. The molecule has 1 aromatic heterocycles. The summed E-state index contributed by atoms with van der Waals surface area (Å²) < 4.78 is 1.86. The average Bonchev–Trinajstić information content (AvgIpc) is 2.39. The van der Waals surface area contributed by atoms with Gasteiger partial charge in [0.15, 0.2) is 11.9 Å². The number of halogens is 3. The second-order valence-corrected chi connectivity index (χ2v) is 5.95. The first-order chi connectivity index (χ1) is 9.88. The quantitative estimate of drug-likeness (QED) is 0.832. The molecule has 0 spiro atoms. The Kier molecular flexibility index (Phi) is 5.09. The van der Waals surface area contributed by atoms with E-state index in [0.29, 0.717) is 20.8 Å². The van der Waals surface area contributed by atoms with Gasteiger partial charge in [-0.2, -0.15) is 4.57 Å². The highest BCUT2D eigenvalue weighted by molar-refractivity contribution is 6.42. The fourth-order valence-electron chi connectivity index (χ4n) is 1.92. The molecular formula is C15H14Cl3N2O+. The summed E-state index contributed by atoms with van der Waals surface area (Å²) in [5.74, 6) is -0.208. The molecule has 1 heterocycles. The van der Waals surface area contributed by atoms with Gasteiger partial charge >= 0.3 is 0 Å². The van der Waals surface area contributed by atoms with Crippen molar-refractivity contribution >= 4 is 46.4 Å². The van der Waals surface area contributed by atoms with E-state index in [9.17, 15) is 4.79 Å². The van der Waals surface area contributed by atoms with Crippen LogP contribution in [0.5, 0.6) is 0 Å². The molecule has 6 heteroatoms. The third kappa shape index (κ3) is 3.88. The van der Waals surface area contributed by atoms with Gasteiger partial charge in [0.25, 0.3) is 5.91 Å². The van der Waals surface area contributed by atoms with Crippen LogP contribution >= 0.6 is 34.8 Å². The van der Waals surface area contributed by atoms with E-state index < -0.39 is 0 Å². The number of nitrogens with zero attached hydrogens (tertiary/aromatic N) is 1. The van der Waals surface area contributed by atoms with Crippen LogP contribution in [0.2, 0.25) is 15.1 Å². The number of rotatable bonds is 3. The maximum atomic E-state index is 12.2. The van der Waals surface area contributed by atoms with Crippen molar-refractivity contribution in [2.45, 2.75) is 20.4 Å². The third-order valence-corrected chi connectivity index (χ3v) is 4.01. The highest BCUT2D eigenvalue weighted by Crippen LogP contribution is 2.33. The van der Waals surface area contributed by atoms with Crippen LogP contribution in [0.1, 0.15) is 11.3 Å². The van der Waals surface area contributed by atoms with Crippen molar-refractivity contribution in [3.05, 3.63) is 56.8 Å². The minimum absolute atomic E-state index is 0.183. The van der Waals surface area contributed by atoms with Gasteiger partial charge in [-0.1, -0.05) is 34.8 Å². The third-order valence-electron chi connectivity index (χ3n) is 3.20. The number of hydrogen-bond donors (Lipinski definition) is 1. The molecule has 0 aliphatic heterocycles. The van der Waals surface area contributed by atoms with Crippen LogP contribution in [-0.2, 0) is 11.3 Å². The molecule has 0 fully saturated rings. The smallest absolute Gasteiger partial charge is 0.290 e. The molecule has 0 bridgehead atoms.